The average molecular weight is 484 g/mol. The van der Waals surface area contributed by atoms with E-state index in [0.717, 1.165) is 17.3 Å². The highest BCUT2D eigenvalue weighted by Crippen LogP contribution is 2.32. The molecular formula is C15H10Cl2F3N5O4S. The third-order valence-corrected chi connectivity index (χ3v) is 5.09. The molecule has 3 aromatic rings. The first-order valence-corrected chi connectivity index (χ1v) is 9.08. The number of nitrogens with one attached hydrogen (secondary N) is 1. The van der Waals surface area contributed by atoms with Gasteiger partial charge < -0.3 is 14.8 Å². The van der Waals surface area contributed by atoms with Crippen LogP contribution in [0.1, 0.15) is 10.5 Å². The minimum atomic E-state index is -5.08. The summed E-state index contributed by atoms with van der Waals surface area (Å²) in [5, 5.41) is 27.8. The third kappa shape index (κ3) is 5.64. The van der Waals surface area contributed by atoms with E-state index in [9.17, 15) is 18.0 Å². The van der Waals surface area contributed by atoms with Gasteiger partial charge in [0.15, 0.2) is 5.03 Å². The fourth-order valence-corrected chi connectivity index (χ4v) is 3.06. The first-order valence-electron chi connectivity index (χ1n) is 7.51. The van der Waals surface area contributed by atoms with Gasteiger partial charge in [-0.3, -0.25) is 0 Å². The van der Waals surface area contributed by atoms with Gasteiger partial charge in [-0.2, -0.15) is 18.4 Å². The van der Waals surface area contributed by atoms with Gasteiger partial charge in [0.05, 0.1) is 16.2 Å². The van der Waals surface area contributed by atoms with Crippen LogP contribution in [0.3, 0.4) is 0 Å². The molecule has 0 aliphatic heterocycles. The Morgan fingerprint density at radius 3 is 2.33 bits per heavy atom. The number of aromatic amines is 1. The highest BCUT2D eigenvalue weighted by molar-refractivity contribution is 7.99. The van der Waals surface area contributed by atoms with E-state index in [-0.39, 0.29) is 10.7 Å². The SMILES string of the molecule is Cn1c(Sc2n[nH]nc2C(=O)O)cnc1-c1ccc(Cl)c(Cl)c1.O=C(O)C(F)(F)F. The molecule has 3 N–H and O–H groups in total. The highest BCUT2D eigenvalue weighted by atomic mass is 35.5. The number of carboxylic acids is 2. The summed E-state index contributed by atoms with van der Waals surface area (Å²) in [5.74, 6) is -3.23. The molecule has 0 bridgehead atoms. The number of imidazole rings is 1. The molecular weight excluding hydrogens is 474 g/mol. The standard InChI is InChI=1S/C13H9Cl2N5O2S.C2HF3O2/c1-20-9(23-12-10(13(21)22)17-19-18-12)5-16-11(20)6-2-3-7(14)8(15)4-6;3-2(4,5)1(6)7/h2-5H,1H3,(H,21,22)(H,17,18,19);(H,6,7). The van der Waals surface area contributed by atoms with Crippen molar-refractivity contribution in [2.45, 2.75) is 16.2 Å². The van der Waals surface area contributed by atoms with E-state index >= 15 is 0 Å². The van der Waals surface area contributed by atoms with Gasteiger partial charge in [-0.1, -0.05) is 23.2 Å². The van der Waals surface area contributed by atoms with Crippen molar-refractivity contribution in [2.24, 2.45) is 7.05 Å². The smallest absolute Gasteiger partial charge is 0.476 e. The monoisotopic (exact) mass is 483 g/mol. The molecule has 0 unspecified atom stereocenters. The Hall–Kier alpha value is -2.77. The number of hydrogen-bond donors (Lipinski definition) is 3. The maximum atomic E-state index is 11.1. The Morgan fingerprint density at radius 2 is 1.80 bits per heavy atom. The van der Waals surface area contributed by atoms with E-state index in [1.54, 1.807) is 18.3 Å². The lowest BCUT2D eigenvalue weighted by Crippen LogP contribution is -2.21. The van der Waals surface area contributed by atoms with Crippen LogP contribution in [-0.2, 0) is 11.8 Å². The van der Waals surface area contributed by atoms with Crippen molar-refractivity contribution in [1.82, 2.24) is 25.0 Å². The summed E-state index contributed by atoms with van der Waals surface area (Å²) in [6.45, 7) is 0. The fraction of sp³-hybridized carbons (Fsp3) is 0.133. The summed E-state index contributed by atoms with van der Waals surface area (Å²) in [7, 11) is 1.81. The Morgan fingerprint density at radius 1 is 1.17 bits per heavy atom. The topological polar surface area (TPSA) is 134 Å². The first-order chi connectivity index (χ1) is 13.9. The molecule has 0 atom stereocenters. The Bertz CT molecular complexity index is 1090. The van der Waals surface area contributed by atoms with E-state index in [4.69, 9.17) is 38.2 Å². The van der Waals surface area contributed by atoms with Crippen molar-refractivity contribution in [3.05, 3.63) is 40.1 Å². The van der Waals surface area contributed by atoms with E-state index in [0.29, 0.717) is 20.9 Å². The van der Waals surface area contributed by atoms with Crippen molar-refractivity contribution in [3.63, 3.8) is 0 Å². The highest BCUT2D eigenvalue weighted by Gasteiger charge is 2.38. The van der Waals surface area contributed by atoms with Crippen molar-refractivity contribution in [3.8, 4) is 11.4 Å². The van der Waals surface area contributed by atoms with Crippen LogP contribution in [0.25, 0.3) is 11.4 Å². The number of aromatic carboxylic acids is 1. The lowest BCUT2D eigenvalue weighted by molar-refractivity contribution is -0.192. The molecule has 0 aliphatic carbocycles. The Labute approximate surface area is 179 Å². The van der Waals surface area contributed by atoms with Gasteiger partial charge in [0.2, 0.25) is 5.69 Å². The Balaban J connectivity index is 0.000000396. The molecule has 1 aromatic carbocycles. The molecule has 0 amide bonds. The summed E-state index contributed by atoms with van der Waals surface area (Å²) in [5.41, 5.74) is 0.666. The number of hydrogen-bond acceptors (Lipinski definition) is 6. The number of benzene rings is 1. The van der Waals surface area contributed by atoms with Gasteiger partial charge in [-0.05, 0) is 30.0 Å². The van der Waals surface area contributed by atoms with Gasteiger partial charge in [-0.25, -0.2) is 14.6 Å². The number of halogens is 5. The second kappa shape index (κ2) is 9.36. The lowest BCUT2D eigenvalue weighted by Gasteiger charge is -2.06. The molecule has 3 rings (SSSR count). The summed E-state index contributed by atoms with van der Waals surface area (Å²) < 4.78 is 33.5. The quantitative estimate of drug-likeness (QED) is 0.506. The van der Waals surface area contributed by atoms with Gasteiger partial charge in [-0.15, -0.1) is 10.2 Å². The molecule has 0 spiro atoms. The fourth-order valence-electron chi connectivity index (χ4n) is 1.92. The first kappa shape index (κ1) is 23.5. The van der Waals surface area contributed by atoms with Gasteiger partial charge in [0.1, 0.15) is 10.9 Å². The van der Waals surface area contributed by atoms with Gasteiger partial charge >= 0.3 is 18.1 Å². The lowest BCUT2D eigenvalue weighted by atomic mass is 10.2. The molecule has 30 heavy (non-hydrogen) atoms. The number of carboxylic acid groups (broad SMARTS) is 2. The minimum Gasteiger partial charge on any atom is -0.476 e. The predicted octanol–water partition coefficient (Wildman–Crippen LogP) is 3.99. The zero-order valence-electron chi connectivity index (χ0n) is 14.6. The van der Waals surface area contributed by atoms with Crippen LogP contribution in [0.5, 0.6) is 0 Å². The maximum Gasteiger partial charge on any atom is 0.490 e. The van der Waals surface area contributed by atoms with Crippen molar-refractivity contribution < 1.29 is 33.0 Å². The molecule has 0 saturated heterocycles. The molecule has 0 radical (unpaired) electrons. The number of nitrogens with zero attached hydrogens (tertiary/aromatic N) is 4. The van der Waals surface area contributed by atoms with Gasteiger partial charge in [0.25, 0.3) is 0 Å². The minimum absolute atomic E-state index is 0.132. The van der Waals surface area contributed by atoms with E-state index < -0.39 is 18.1 Å². The number of rotatable bonds is 4. The van der Waals surface area contributed by atoms with Crippen LogP contribution < -0.4 is 0 Å². The Kier molecular flexibility index (Phi) is 7.34. The molecule has 2 heterocycles. The number of carbonyl (C=O) groups is 2. The van der Waals surface area contributed by atoms with E-state index in [1.165, 1.54) is 0 Å². The van der Waals surface area contributed by atoms with Crippen LogP contribution >= 0.6 is 35.0 Å². The van der Waals surface area contributed by atoms with Crippen molar-refractivity contribution >= 4 is 46.9 Å². The second-order valence-corrected chi connectivity index (χ2v) is 7.12. The summed E-state index contributed by atoms with van der Waals surface area (Å²) >= 11 is 13.1. The largest absolute Gasteiger partial charge is 0.490 e. The van der Waals surface area contributed by atoms with Gasteiger partial charge in [0, 0.05) is 12.6 Å². The molecule has 0 fully saturated rings. The van der Waals surface area contributed by atoms with Crippen LogP contribution in [0, 0.1) is 0 Å². The number of aromatic nitrogens is 5. The summed E-state index contributed by atoms with van der Waals surface area (Å²) in [6.07, 6.45) is -3.46. The van der Waals surface area contributed by atoms with Crippen molar-refractivity contribution in [2.75, 3.05) is 0 Å². The van der Waals surface area contributed by atoms with Crippen LogP contribution in [0.15, 0.2) is 34.4 Å². The molecule has 0 saturated carbocycles. The zero-order valence-corrected chi connectivity index (χ0v) is 16.9. The average Bonchev–Trinajstić information content (AvgIpc) is 3.25. The third-order valence-electron chi connectivity index (χ3n) is 3.29. The van der Waals surface area contributed by atoms with Crippen LogP contribution in [-0.4, -0.2) is 53.3 Å². The molecule has 0 aliphatic rings. The molecule has 15 heteroatoms. The normalized spacial score (nSPS) is 11.0. The van der Waals surface area contributed by atoms with E-state index in [2.05, 4.69) is 20.4 Å². The summed E-state index contributed by atoms with van der Waals surface area (Å²) in [4.78, 5) is 24.3. The number of aliphatic carboxylic acids is 1. The predicted molar refractivity (Wildman–Crippen MR) is 99.8 cm³/mol. The molecule has 160 valence electrons. The number of H-pyrrole nitrogens is 1. The maximum absolute atomic E-state index is 11.1. The number of alkyl halides is 3. The van der Waals surface area contributed by atoms with Crippen molar-refractivity contribution in [1.29, 1.82) is 0 Å². The van der Waals surface area contributed by atoms with E-state index in [1.807, 2.05) is 17.7 Å². The zero-order chi connectivity index (χ0) is 22.6. The second-order valence-electron chi connectivity index (χ2n) is 5.30. The molecule has 9 nitrogen and oxygen atoms in total. The summed E-state index contributed by atoms with van der Waals surface area (Å²) in [6, 6.07) is 5.23. The van der Waals surface area contributed by atoms with Crippen LogP contribution in [0.4, 0.5) is 13.2 Å². The molecule has 2 aromatic heterocycles. The van der Waals surface area contributed by atoms with Crippen LogP contribution in [0.2, 0.25) is 10.0 Å².